The molecule has 0 N–H and O–H groups in total. The lowest BCUT2D eigenvalue weighted by atomic mass is 9.95. The summed E-state index contributed by atoms with van der Waals surface area (Å²) in [6.45, 7) is 9.88. The molecule has 0 aliphatic rings. The molecule has 0 saturated carbocycles. The minimum atomic E-state index is -0.519. The van der Waals surface area contributed by atoms with E-state index < -0.39 is 11.9 Å². The van der Waals surface area contributed by atoms with Gasteiger partial charge in [0.05, 0.1) is 30.5 Å². The third-order valence-electron chi connectivity index (χ3n) is 4.80. The Hall–Kier alpha value is -3.22. The van der Waals surface area contributed by atoms with Gasteiger partial charge in [0.15, 0.2) is 11.3 Å². The molecule has 2 aromatic heterocycles. The van der Waals surface area contributed by atoms with Gasteiger partial charge in [-0.2, -0.15) is 5.10 Å². The quantitative estimate of drug-likeness (QED) is 0.605. The average Bonchev–Trinajstić information content (AvgIpc) is 3.01. The van der Waals surface area contributed by atoms with Gasteiger partial charge < -0.3 is 9.47 Å². The van der Waals surface area contributed by atoms with Crippen molar-refractivity contribution in [3.63, 3.8) is 0 Å². The molecule has 0 amide bonds. The van der Waals surface area contributed by atoms with Gasteiger partial charge in [-0.25, -0.2) is 19.1 Å². The second-order valence-electron chi connectivity index (χ2n) is 7.13. The van der Waals surface area contributed by atoms with E-state index in [9.17, 15) is 9.59 Å². The third kappa shape index (κ3) is 3.60. The molecule has 152 valence electrons. The van der Waals surface area contributed by atoms with Crippen molar-refractivity contribution in [2.45, 2.75) is 40.5 Å². The van der Waals surface area contributed by atoms with E-state index in [1.165, 1.54) is 7.11 Å². The molecule has 29 heavy (non-hydrogen) atoms. The van der Waals surface area contributed by atoms with E-state index in [1.54, 1.807) is 23.6 Å². The van der Waals surface area contributed by atoms with Crippen LogP contribution in [0.1, 0.15) is 64.5 Å². The Morgan fingerprint density at radius 3 is 2.48 bits per heavy atom. The van der Waals surface area contributed by atoms with Crippen molar-refractivity contribution >= 4 is 17.6 Å². The van der Waals surface area contributed by atoms with Gasteiger partial charge >= 0.3 is 11.9 Å². The molecule has 7 nitrogen and oxygen atoms in total. The lowest BCUT2D eigenvalue weighted by molar-refractivity contribution is 0.0526. The normalized spacial score (nSPS) is 11.1. The minimum absolute atomic E-state index is 0.0949. The number of benzene rings is 1. The van der Waals surface area contributed by atoms with Gasteiger partial charge in [-0.1, -0.05) is 26.0 Å². The second-order valence-corrected chi connectivity index (χ2v) is 7.13. The van der Waals surface area contributed by atoms with E-state index in [-0.39, 0.29) is 18.2 Å². The molecule has 0 fully saturated rings. The SMILES string of the molecule is CCOC(=O)c1cccc(C)c1-c1c(C)nn2c(C(C)C)cc(C(=O)OC)nc12. The Labute approximate surface area is 169 Å². The minimum Gasteiger partial charge on any atom is -0.464 e. The third-order valence-corrected chi connectivity index (χ3v) is 4.80. The summed E-state index contributed by atoms with van der Waals surface area (Å²) in [5.74, 6) is -0.829. The van der Waals surface area contributed by atoms with E-state index in [1.807, 2.05) is 39.8 Å². The van der Waals surface area contributed by atoms with Crippen molar-refractivity contribution in [1.82, 2.24) is 14.6 Å². The van der Waals surface area contributed by atoms with E-state index in [0.29, 0.717) is 28.0 Å². The molecule has 3 aromatic rings. The summed E-state index contributed by atoms with van der Waals surface area (Å²) < 4.78 is 11.9. The molecule has 0 atom stereocenters. The summed E-state index contributed by atoms with van der Waals surface area (Å²) in [7, 11) is 1.33. The van der Waals surface area contributed by atoms with Crippen LogP contribution < -0.4 is 0 Å². The van der Waals surface area contributed by atoms with Crippen LogP contribution in [0.15, 0.2) is 24.3 Å². The number of nitrogens with zero attached hydrogens (tertiary/aromatic N) is 3. The van der Waals surface area contributed by atoms with Crippen molar-refractivity contribution in [1.29, 1.82) is 0 Å². The van der Waals surface area contributed by atoms with Crippen molar-refractivity contribution in [2.75, 3.05) is 13.7 Å². The molecule has 0 saturated heterocycles. The van der Waals surface area contributed by atoms with Gasteiger partial charge in [0.25, 0.3) is 0 Å². The number of hydrogen-bond acceptors (Lipinski definition) is 6. The van der Waals surface area contributed by atoms with Gasteiger partial charge in [0.1, 0.15) is 0 Å². The number of carbonyl (C=O) groups excluding carboxylic acids is 2. The molecule has 0 spiro atoms. The van der Waals surface area contributed by atoms with Crippen LogP contribution in [0.2, 0.25) is 0 Å². The van der Waals surface area contributed by atoms with Crippen LogP contribution in [-0.4, -0.2) is 40.3 Å². The number of rotatable bonds is 5. The van der Waals surface area contributed by atoms with Crippen molar-refractivity contribution < 1.29 is 19.1 Å². The van der Waals surface area contributed by atoms with Gasteiger partial charge in [-0.15, -0.1) is 0 Å². The number of methoxy groups -OCH3 is 1. The molecular weight excluding hydrogens is 370 g/mol. The van der Waals surface area contributed by atoms with Crippen LogP contribution in [0.5, 0.6) is 0 Å². The summed E-state index contributed by atoms with van der Waals surface area (Å²) in [6.07, 6.45) is 0. The predicted octanol–water partition coefficient (Wildman–Crippen LogP) is 4.10. The molecule has 0 aliphatic heterocycles. The fraction of sp³-hybridized carbons (Fsp3) is 0.364. The highest BCUT2D eigenvalue weighted by atomic mass is 16.5. The maximum absolute atomic E-state index is 12.6. The number of ether oxygens (including phenoxy) is 2. The largest absolute Gasteiger partial charge is 0.464 e. The summed E-state index contributed by atoms with van der Waals surface area (Å²) in [6, 6.07) is 7.17. The fourth-order valence-electron chi connectivity index (χ4n) is 3.44. The second kappa shape index (κ2) is 8.03. The number of esters is 2. The standard InChI is InChI=1S/C22H25N3O4/c1-7-29-21(26)15-10-8-9-13(4)18(15)19-14(5)24-25-17(12(2)3)11-16(22(27)28-6)23-20(19)25/h8-12H,7H2,1-6H3. The van der Waals surface area contributed by atoms with Gasteiger partial charge in [-0.3, -0.25) is 0 Å². The van der Waals surface area contributed by atoms with Crippen molar-refractivity contribution in [3.8, 4) is 11.1 Å². The van der Waals surface area contributed by atoms with Gasteiger partial charge in [-0.05, 0) is 44.4 Å². The molecule has 0 aliphatic carbocycles. The summed E-state index contributed by atoms with van der Waals surface area (Å²) in [5, 5.41) is 4.67. The number of hydrogen-bond donors (Lipinski definition) is 0. The van der Waals surface area contributed by atoms with Crippen molar-refractivity contribution in [2.24, 2.45) is 0 Å². The first kappa shape index (κ1) is 20.5. The van der Waals surface area contributed by atoms with Crippen molar-refractivity contribution in [3.05, 3.63) is 52.5 Å². The molecule has 3 rings (SSSR count). The average molecular weight is 395 g/mol. The first-order chi connectivity index (χ1) is 13.8. The Kier molecular flexibility index (Phi) is 5.68. The van der Waals surface area contributed by atoms with Gasteiger partial charge in [0, 0.05) is 11.3 Å². The first-order valence-electron chi connectivity index (χ1n) is 9.55. The molecule has 0 bridgehead atoms. The van der Waals surface area contributed by atoms with E-state index in [0.717, 1.165) is 11.3 Å². The molecule has 0 unspecified atom stereocenters. The monoisotopic (exact) mass is 395 g/mol. The van der Waals surface area contributed by atoms with Crippen LogP contribution in [-0.2, 0) is 9.47 Å². The Bertz CT molecular complexity index is 1100. The number of aryl methyl sites for hydroxylation is 2. The lowest BCUT2D eigenvalue weighted by Crippen LogP contribution is -2.11. The summed E-state index contributed by atoms with van der Waals surface area (Å²) in [4.78, 5) is 29.4. The Morgan fingerprint density at radius 1 is 1.14 bits per heavy atom. The van der Waals surface area contributed by atoms with E-state index in [4.69, 9.17) is 9.47 Å². The maximum atomic E-state index is 12.6. The van der Waals surface area contributed by atoms with E-state index in [2.05, 4.69) is 10.1 Å². The predicted molar refractivity (Wildman–Crippen MR) is 109 cm³/mol. The molecule has 1 aromatic carbocycles. The fourth-order valence-corrected chi connectivity index (χ4v) is 3.44. The van der Waals surface area contributed by atoms with Crippen LogP contribution in [0.25, 0.3) is 16.8 Å². The summed E-state index contributed by atoms with van der Waals surface area (Å²) >= 11 is 0. The van der Waals surface area contributed by atoms with Crippen LogP contribution >= 0.6 is 0 Å². The highest BCUT2D eigenvalue weighted by molar-refractivity contribution is 6.01. The Morgan fingerprint density at radius 2 is 1.86 bits per heavy atom. The number of aromatic nitrogens is 3. The van der Waals surface area contributed by atoms with Gasteiger partial charge in [0.2, 0.25) is 0 Å². The van der Waals surface area contributed by atoms with Crippen LogP contribution in [0.3, 0.4) is 0 Å². The maximum Gasteiger partial charge on any atom is 0.356 e. The van der Waals surface area contributed by atoms with Crippen LogP contribution in [0.4, 0.5) is 0 Å². The zero-order valence-corrected chi connectivity index (χ0v) is 17.6. The highest BCUT2D eigenvalue weighted by Crippen LogP contribution is 2.35. The zero-order chi connectivity index (χ0) is 21.3. The molecule has 2 heterocycles. The van der Waals surface area contributed by atoms with E-state index >= 15 is 0 Å². The van der Waals surface area contributed by atoms with Crippen LogP contribution in [0, 0.1) is 13.8 Å². The zero-order valence-electron chi connectivity index (χ0n) is 17.6. The number of carbonyl (C=O) groups is 2. The molecule has 0 radical (unpaired) electrons. The lowest BCUT2D eigenvalue weighted by Gasteiger charge is -2.13. The molecular formula is C22H25N3O4. The topological polar surface area (TPSA) is 82.8 Å². The summed E-state index contributed by atoms with van der Waals surface area (Å²) in [5.41, 5.74) is 5.01. The highest BCUT2D eigenvalue weighted by Gasteiger charge is 2.25. The number of fused-ring (bicyclic) bond motifs is 1. The molecule has 7 heteroatoms. The Balaban J connectivity index is 2.40. The first-order valence-corrected chi connectivity index (χ1v) is 9.55. The smallest absolute Gasteiger partial charge is 0.356 e.